The van der Waals surface area contributed by atoms with E-state index in [9.17, 15) is 4.79 Å². The fourth-order valence-corrected chi connectivity index (χ4v) is 2.71. The second kappa shape index (κ2) is 6.41. The van der Waals surface area contributed by atoms with Crippen molar-refractivity contribution in [3.8, 4) is 11.3 Å². The number of nitrogens with one attached hydrogen (secondary N) is 2. The second-order valence-electron chi connectivity index (χ2n) is 5.40. The molecule has 1 unspecified atom stereocenters. The highest BCUT2D eigenvalue weighted by atomic mass is 32.1. The summed E-state index contributed by atoms with van der Waals surface area (Å²) >= 11 is 1.58. The third-order valence-electron chi connectivity index (χ3n) is 3.70. The molecule has 0 aliphatic rings. The number of aliphatic hydroxyl groups excluding tert-OH is 1. The van der Waals surface area contributed by atoms with Gasteiger partial charge in [-0.15, -0.1) is 11.3 Å². The molecule has 0 radical (unpaired) electrons. The minimum absolute atomic E-state index is 0.0543. The van der Waals surface area contributed by atoms with Crippen LogP contribution in [0.25, 0.3) is 11.3 Å². The largest absolute Gasteiger partial charge is 0.396 e. The molecular weight excluding hydrogens is 286 g/mol. The predicted octanol–water partition coefficient (Wildman–Crippen LogP) is 2.73. The Morgan fingerprint density at radius 2 is 2.33 bits per heavy atom. The van der Waals surface area contributed by atoms with Gasteiger partial charge in [0.25, 0.3) is 5.91 Å². The maximum atomic E-state index is 12.3. The van der Waals surface area contributed by atoms with Crippen molar-refractivity contribution >= 4 is 17.2 Å². The smallest absolute Gasteiger partial charge is 0.268 e. The van der Waals surface area contributed by atoms with E-state index in [2.05, 4.69) is 15.3 Å². The van der Waals surface area contributed by atoms with Gasteiger partial charge in [-0.05, 0) is 32.8 Å². The highest BCUT2D eigenvalue weighted by Crippen LogP contribution is 2.23. The number of hydrogen-bond acceptors (Lipinski definition) is 4. The molecule has 3 N–H and O–H groups in total. The third-order valence-corrected chi connectivity index (χ3v) is 4.48. The molecule has 0 fully saturated rings. The van der Waals surface area contributed by atoms with Crippen molar-refractivity contribution in [1.29, 1.82) is 0 Å². The maximum Gasteiger partial charge on any atom is 0.268 e. The van der Waals surface area contributed by atoms with E-state index in [0.717, 1.165) is 22.7 Å². The number of aryl methyl sites for hydroxylation is 1. The summed E-state index contributed by atoms with van der Waals surface area (Å²) < 4.78 is 0. The van der Waals surface area contributed by atoms with Crippen molar-refractivity contribution in [1.82, 2.24) is 15.3 Å². The first-order chi connectivity index (χ1) is 9.97. The average Bonchev–Trinajstić information content (AvgIpc) is 3.07. The minimum atomic E-state index is -0.395. The molecule has 5 nitrogen and oxygen atoms in total. The first-order valence-electron chi connectivity index (χ1n) is 7.01. The third kappa shape index (κ3) is 3.71. The van der Waals surface area contributed by atoms with Gasteiger partial charge in [0, 0.05) is 29.3 Å². The lowest BCUT2D eigenvalue weighted by molar-refractivity contribution is 0.0881. The van der Waals surface area contributed by atoms with Crippen LogP contribution in [-0.4, -0.2) is 33.1 Å². The molecule has 2 heterocycles. The van der Waals surface area contributed by atoms with Gasteiger partial charge in [-0.2, -0.15) is 0 Å². The van der Waals surface area contributed by atoms with E-state index in [1.807, 2.05) is 26.2 Å². The monoisotopic (exact) mass is 307 g/mol. The number of hydrogen-bond donors (Lipinski definition) is 3. The summed E-state index contributed by atoms with van der Waals surface area (Å²) in [6.45, 7) is 5.94. The lowest BCUT2D eigenvalue weighted by Gasteiger charge is -2.28. The second-order valence-corrected chi connectivity index (χ2v) is 6.46. The summed E-state index contributed by atoms with van der Waals surface area (Å²) in [7, 11) is 0. The molecule has 0 saturated heterocycles. The van der Waals surface area contributed by atoms with Crippen LogP contribution in [0.5, 0.6) is 0 Å². The van der Waals surface area contributed by atoms with Gasteiger partial charge in [0.05, 0.1) is 10.7 Å². The number of H-pyrrole nitrogens is 1. The van der Waals surface area contributed by atoms with E-state index >= 15 is 0 Å². The lowest BCUT2D eigenvalue weighted by atomic mass is 9.95. The Hall–Kier alpha value is -1.66. The number of aliphatic hydroxyl groups is 1. The minimum Gasteiger partial charge on any atom is -0.396 e. The lowest BCUT2D eigenvalue weighted by Crippen LogP contribution is -2.46. The molecule has 0 aliphatic carbocycles. The molecule has 114 valence electrons. The van der Waals surface area contributed by atoms with Crippen LogP contribution < -0.4 is 5.32 Å². The fraction of sp³-hybridized carbons (Fsp3) is 0.467. The fourth-order valence-electron chi connectivity index (χ4n) is 2.09. The Balaban J connectivity index is 2.12. The zero-order valence-corrected chi connectivity index (χ0v) is 13.4. The quantitative estimate of drug-likeness (QED) is 0.768. The van der Waals surface area contributed by atoms with Crippen molar-refractivity contribution in [3.63, 3.8) is 0 Å². The highest BCUT2D eigenvalue weighted by molar-refractivity contribution is 7.09. The van der Waals surface area contributed by atoms with Crippen molar-refractivity contribution in [3.05, 3.63) is 28.3 Å². The first-order valence-corrected chi connectivity index (χ1v) is 7.89. The topological polar surface area (TPSA) is 78.0 Å². The van der Waals surface area contributed by atoms with Crippen LogP contribution in [0.4, 0.5) is 0 Å². The average molecular weight is 307 g/mol. The molecular formula is C15H21N3O2S. The van der Waals surface area contributed by atoms with E-state index < -0.39 is 5.54 Å². The molecule has 0 aromatic carbocycles. The van der Waals surface area contributed by atoms with Crippen LogP contribution in [0.15, 0.2) is 17.6 Å². The summed E-state index contributed by atoms with van der Waals surface area (Å²) in [5.74, 6) is -0.161. The Morgan fingerprint density at radius 3 is 2.90 bits per heavy atom. The Kier molecular flexibility index (Phi) is 4.80. The van der Waals surface area contributed by atoms with E-state index in [4.69, 9.17) is 5.11 Å². The predicted molar refractivity (Wildman–Crippen MR) is 84.5 cm³/mol. The molecule has 0 saturated carbocycles. The van der Waals surface area contributed by atoms with Crippen LogP contribution >= 0.6 is 11.3 Å². The van der Waals surface area contributed by atoms with Gasteiger partial charge in [-0.3, -0.25) is 4.79 Å². The van der Waals surface area contributed by atoms with Gasteiger partial charge in [0.15, 0.2) is 0 Å². The number of amides is 1. The van der Waals surface area contributed by atoms with Crippen LogP contribution in [-0.2, 0) is 0 Å². The number of rotatable bonds is 6. The van der Waals surface area contributed by atoms with Crippen molar-refractivity contribution in [2.75, 3.05) is 6.61 Å². The summed E-state index contributed by atoms with van der Waals surface area (Å²) in [5, 5.41) is 15.1. The van der Waals surface area contributed by atoms with Gasteiger partial charge in [-0.25, -0.2) is 4.98 Å². The molecule has 2 aromatic heterocycles. The Labute approximate surface area is 128 Å². The van der Waals surface area contributed by atoms with Crippen LogP contribution in [0.1, 0.15) is 42.2 Å². The number of aromatic amines is 1. The maximum absolute atomic E-state index is 12.3. The zero-order chi connectivity index (χ0) is 15.5. The van der Waals surface area contributed by atoms with Crippen molar-refractivity contribution < 1.29 is 9.90 Å². The molecule has 0 spiro atoms. The standard InChI is InChI=1S/C15H21N3O2S/c1-4-15(3,5-6-19)18-14(20)12-7-11(8-16-12)13-9-21-10(2)17-13/h7-9,16,19H,4-6H2,1-3H3,(H,18,20). The highest BCUT2D eigenvalue weighted by Gasteiger charge is 2.25. The molecule has 6 heteroatoms. The molecule has 1 atom stereocenters. The summed E-state index contributed by atoms with van der Waals surface area (Å²) in [4.78, 5) is 19.7. The van der Waals surface area contributed by atoms with Crippen LogP contribution in [0.3, 0.4) is 0 Å². The van der Waals surface area contributed by atoms with Crippen LogP contribution in [0, 0.1) is 6.92 Å². The molecule has 2 rings (SSSR count). The SMILES string of the molecule is CCC(C)(CCO)NC(=O)c1cc(-c2csc(C)n2)c[nH]1. The van der Waals surface area contributed by atoms with Crippen molar-refractivity contribution in [2.45, 2.75) is 39.2 Å². The van der Waals surface area contributed by atoms with Gasteiger partial charge in [-0.1, -0.05) is 6.92 Å². The molecule has 0 aliphatic heterocycles. The van der Waals surface area contributed by atoms with E-state index in [1.165, 1.54) is 0 Å². The normalized spacial score (nSPS) is 13.9. The van der Waals surface area contributed by atoms with Gasteiger partial charge in [0.1, 0.15) is 5.69 Å². The number of carbonyl (C=O) groups excluding carboxylic acids is 1. The number of carbonyl (C=O) groups is 1. The number of thiazole rings is 1. The van der Waals surface area contributed by atoms with E-state index in [1.54, 1.807) is 23.6 Å². The van der Waals surface area contributed by atoms with Crippen molar-refractivity contribution in [2.24, 2.45) is 0 Å². The van der Waals surface area contributed by atoms with E-state index in [0.29, 0.717) is 12.1 Å². The summed E-state index contributed by atoms with van der Waals surface area (Å²) in [6, 6.07) is 1.80. The summed E-state index contributed by atoms with van der Waals surface area (Å²) in [5.41, 5.74) is 1.90. The number of aromatic nitrogens is 2. The molecule has 21 heavy (non-hydrogen) atoms. The summed E-state index contributed by atoms with van der Waals surface area (Å²) in [6.07, 6.45) is 3.09. The van der Waals surface area contributed by atoms with E-state index in [-0.39, 0.29) is 12.5 Å². The molecule has 0 bridgehead atoms. The van der Waals surface area contributed by atoms with Gasteiger partial charge < -0.3 is 15.4 Å². The Bertz CT molecular complexity index is 620. The molecule has 2 aromatic rings. The molecule has 1 amide bonds. The van der Waals surface area contributed by atoms with Gasteiger partial charge in [0.2, 0.25) is 0 Å². The zero-order valence-electron chi connectivity index (χ0n) is 12.6. The van der Waals surface area contributed by atoms with Crippen LogP contribution in [0.2, 0.25) is 0 Å². The first kappa shape index (κ1) is 15.7. The Morgan fingerprint density at radius 1 is 1.57 bits per heavy atom. The number of nitrogens with zero attached hydrogens (tertiary/aromatic N) is 1. The van der Waals surface area contributed by atoms with Gasteiger partial charge >= 0.3 is 0 Å².